The number of ether oxygens (including phenoxy) is 1. The van der Waals surface area contributed by atoms with E-state index >= 15 is 0 Å². The van der Waals surface area contributed by atoms with Crippen molar-refractivity contribution >= 4 is 38.7 Å². The molecule has 2 atom stereocenters. The van der Waals surface area contributed by atoms with E-state index in [-0.39, 0.29) is 17.5 Å². The lowest BCUT2D eigenvalue weighted by molar-refractivity contribution is 0.417. The summed E-state index contributed by atoms with van der Waals surface area (Å²) < 4.78 is 48.6. The van der Waals surface area contributed by atoms with Gasteiger partial charge in [0, 0.05) is 23.8 Å². The largest absolute Gasteiger partial charge is 0.495 e. The topological polar surface area (TPSA) is 88.5 Å². The summed E-state index contributed by atoms with van der Waals surface area (Å²) in [6.45, 7) is 0. The molecule has 2 aromatic carbocycles. The van der Waals surface area contributed by atoms with Crippen LogP contribution in [0.1, 0.15) is 23.5 Å². The third-order valence-corrected chi connectivity index (χ3v) is 6.96. The highest BCUT2D eigenvalue weighted by molar-refractivity contribution is 7.92. The maximum Gasteiger partial charge on any atom is 0.229 e. The number of methoxy groups -OCH3 is 1. The molecule has 1 saturated heterocycles. The summed E-state index contributed by atoms with van der Waals surface area (Å²) >= 11 is 5.78. The van der Waals surface area contributed by atoms with Gasteiger partial charge in [-0.15, -0.1) is 0 Å². The van der Waals surface area contributed by atoms with Crippen LogP contribution in [0.2, 0.25) is 0 Å². The number of para-hydroxylation sites is 1. The molecule has 37 heavy (non-hydrogen) atoms. The highest BCUT2D eigenvalue weighted by Crippen LogP contribution is 2.44. The van der Waals surface area contributed by atoms with E-state index in [0.717, 1.165) is 17.6 Å². The quantitative estimate of drug-likeness (QED) is 0.334. The minimum atomic E-state index is -3.57. The van der Waals surface area contributed by atoms with Crippen LogP contribution < -0.4 is 19.7 Å². The maximum absolute atomic E-state index is 14.9. The van der Waals surface area contributed by atoms with Gasteiger partial charge in [0.05, 0.1) is 36.5 Å². The summed E-state index contributed by atoms with van der Waals surface area (Å²) in [5.41, 5.74) is 2.81. The van der Waals surface area contributed by atoms with Crippen molar-refractivity contribution in [2.45, 2.75) is 12.1 Å². The second-order valence-corrected chi connectivity index (χ2v) is 10.6. The molecular formula is C26H24FN5O3S2. The second-order valence-electron chi connectivity index (χ2n) is 8.51. The summed E-state index contributed by atoms with van der Waals surface area (Å²) in [6, 6.07) is 20.2. The summed E-state index contributed by atoms with van der Waals surface area (Å²) in [5, 5.41) is 3.78. The Morgan fingerprint density at radius 3 is 2.57 bits per heavy atom. The monoisotopic (exact) mass is 537 g/mol. The summed E-state index contributed by atoms with van der Waals surface area (Å²) in [4.78, 5) is 6.44. The molecular weight excluding hydrogens is 513 g/mol. The molecule has 1 fully saturated rings. The van der Waals surface area contributed by atoms with Crippen molar-refractivity contribution in [2.24, 2.45) is 0 Å². The van der Waals surface area contributed by atoms with Crippen LogP contribution in [-0.4, -0.2) is 36.4 Å². The number of benzene rings is 2. The molecule has 190 valence electrons. The molecule has 0 spiro atoms. The third kappa shape index (κ3) is 4.87. The molecule has 0 amide bonds. The molecule has 4 aromatic rings. The molecule has 0 saturated carbocycles. The fourth-order valence-electron chi connectivity index (χ4n) is 4.56. The molecule has 8 nitrogen and oxygen atoms in total. The molecule has 11 heteroatoms. The molecule has 1 aliphatic heterocycles. The number of pyridine rings is 1. The second kappa shape index (κ2) is 9.83. The van der Waals surface area contributed by atoms with Gasteiger partial charge >= 0.3 is 0 Å². The minimum Gasteiger partial charge on any atom is -0.495 e. The SMILES string of the molecule is COc1ccc(N2C(=S)N[C@@H](c3ccccn3)[C@H]2c2cccn2-c2ccccc2F)cc1NS(C)(=O)=O. The number of nitrogens with one attached hydrogen (secondary N) is 2. The van der Waals surface area contributed by atoms with Crippen molar-refractivity contribution in [1.82, 2.24) is 14.9 Å². The first kappa shape index (κ1) is 24.7. The van der Waals surface area contributed by atoms with Crippen molar-refractivity contribution in [3.8, 4) is 11.4 Å². The zero-order valence-corrected chi connectivity index (χ0v) is 21.6. The van der Waals surface area contributed by atoms with Crippen LogP contribution in [0.15, 0.2) is 85.2 Å². The minimum absolute atomic E-state index is 0.273. The molecule has 5 rings (SSSR count). The fraction of sp³-hybridized carbons (Fsp3) is 0.154. The molecule has 0 radical (unpaired) electrons. The summed E-state index contributed by atoms with van der Waals surface area (Å²) in [5.74, 6) is -0.00156. The first-order valence-electron chi connectivity index (χ1n) is 11.4. The number of hydrogen-bond donors (Lipinski definition) is 2. The van der Waals surface area contributed by atoms with Gasteiger partial charge in [0.25, 0.3) is 0 Å². The van der Waals surface area contributed by atoms with Gasteiger partial charge in [-0.3, -0.25) is 9.71 Å². The Balaban J connectivity index is 1.68. The lowest BCUT2D eigenvalue weighted by atomic mass is 10.0. The Kier molecular flexibility index (Phi) is 6.57. The standard InChI is InChI=1S/C26H24FN5O3S2/c1-35-23-13-12-17(16-20(23)30-37(2,33)34)32-25(24(29-26(32)36)19-9-5-6-14-28-19)22-11-7-15-31(22)21-10-4-3-8-18(21)27/h3-16,24-25,30H,1-2H3,(H,29,36)/t24-,25+/m0/s1. The first-order chi connectivity index (χ1) is 17.8. The van der Waals surface area contributed by atoms with Crippen LogP contribution in [0.25, 0.3) is 5.69 Å². The first-order valence-corrected chi connectivity index (χ1v) is 13.7. The van der Waals surface area contributed by atoms with Crippen molar-refractivity contribution in [3.05, 3.63) is 102 Å². The number of nitrogens with zero attached hydrogens (tertiary/aromatic N) is 3. The van der Waals surface area contributed by atoms with Crippen LogP contribution in [0.3, 0.4) is 0 Å². The smallest absolute Gasteiger partial charge is 0.229 e. The van der Waals surface area contributed by atoms with E-state index in [4.69, 9.17) is 17.0 Å². The van der Waals surface area contributed by atoms with Crippen molar-refractivity contribution in [1.29, 1.82) is 0 Å². The van der Waals surface area contributed by atoms with Gasteiger partial charge in [0.1, 0.15) is 17.6 Å². The average molecular weight is 538 g/mol. The number of thiocarbonyl (C=S) groups is 1. The van der Waals surface area contributed by atoms with Gasteiger partial charge in [-0.05, 0) is 66.8 Å². The van der Waals surface area contributed by atoms with E-state index in [1.807, 2.05) is 35.2 Å². The highest BCUT2D eigenvalue weighted by Gasteiger charge is 2.42. The Bertz CT molecular complexity index is 1560. The number of hydrogen-bond acceptors (Lipinski definition) is 5. The Hall–Kier alpha value is -3.96. The van der Waals surface area contributed by atoms with E-state index in [1.165, 1.54) is 13.2 Å². The summed E-state index contributed by atoms with van der Waals surface area (Å²) in [7, 11) is -2.11. The normalized spacial score (nSPS) is 17.5. The van der Waals surface area contributed by atoms with E-state index in [1.54, 1.807) is 53.4 Å². The molecule has 0 aliphatic carbocycles. The number of anilines is 2. The Morgan fingerprint density at radius 1 is 1.08 bits per heavy atom. The van der Waals surface area contributed by atoms with Crippen molar-refractivity contribution < 1.29 is 17.5 Å². The zero-order valence-electron chi connectivity index (χ0n) is 20.0. The van der Waals surface area contributed by atoms with E-state index in [9.17, 15) is 12.8 Å². The number of aromatic nitrogens is 2. The predicted molar refractivity (Wildman–Crippen MR) is 145 cm³/mol. The van der Waals surface area contributed by atoms with Gasteiger partial charge in [-0.25, -0.2) is 12.8 Å². The van der Waals surface area contributed by atoms with E-state index in [0.29, 0.717) is 22.2 Å². The Morgan fingerprint density at radius 2 is 1.86 bits per heavy atom. The molecule has 2 aromatic heterocycles. The fourth-order valence-corrected chi connectivity index (χ4v) is 5.47. The van der Waals surface area contributed by atoms with Crippen LogP contribution in [-0.2, 0) is 10.0 Å². The number of halogens is 1. The van der Waals surface area contributed by atoms with E-state index in [2.05, 4.69) is 15.0 Å². The molecule has 1 aliphatic rings. The van der Waals surface area contributed by atoms with E-state index < -0.39 is 16.1 Å². The number of rotatable bonds is 7. The van der Waals surface area contributed by atoms with Crippen LogP contribution in [0.5, 0.6) is 5.75 Å². The van der Waals surface area contributed by atoms with Crippen molar-refractivity contribution in [3.63, 3.8) is 0 Å². The van der Waals surface area contributed by atoms with Gasteiger partial charge in [0.2, 0.25) is 10.0 Å². The number of sulfonamides is 1. The van der Waals surface area contributed by atoms with Crippen LogP contribution >= 0.6 is 12.2 Å². The molecule has 0 bridgehead atoms. The van der Waals surface area contributed by atoms with Gasteiger partial charge in [-0.1, -0.05) is 18.2 Å². The molecule has 3 heterocycles. The molecule has 0 unspecified atom stereocenters. The predicted octanol–water partition coefficient (Wildman–Crippen LogP) is 4.57. The van der Waals surface area contributed by atoms with Gasteiger partial charge in [-0.2, -0.15) is 0 Å². The third-order valence-electron chi connectivity index (χ3n) is 6.05. The highest BCUT2D eigenvalue weighted by atomic mass is 32.2. The van der Waals surface area contributed by atoms with Gasteiger partial charge < -0.3 is 19.5 Å². The average Bonchev–Trinajstić information content (AvgIpc) is 3.48. The molecule has 2 N–H and O–H groups in total. The zero-order chi connectivity index (χ0) is 26.2. The lowest BCUT2D eigenvalue weighted by Crippen LogP contribution is -2.30. The van der Waals surface area contributed by atoms with Crippen molar-refractivity contribution in [2.75, 3.05) is 23.0 Å². The summed E-state index contributed by atoms with van der Waals surface area (Å²) in [6.07, 6.45) is 4.58. The van der Waals surface area contributed by atoms with Crippen LogP contribution in [0, 0.1) is 5.82 Å². The maximum atomic E-state index is 14.9. The van der Waals surface area contributed by atoms with Gasteiger partial charge in [0.15, 0.2) is 5.11 Å². The Labute approximate surface area is 219 Å². The lowest BCUT2D eigenvalue weighted by Gasteiger charge is -2.29. The van der Waals surface area contributed by atoms with Crippen LogP contribution in [0.4, 0.5) is 15.8 Å².